The first kappa shape index (κ1) is 29.5. The molecule has 0 aliphatic heterocycles. The Balaban J connectivity index is 2.26. The highest BCUT2D eigenvalue weighted by Gasteiger charge is 2.24. The Kier molecular flexibility index (Phi) is 15.5. The molecule has 1 aromatic carbocycles. The smallest absolute Gasteiger partial charge is 0.243 e. The lowest BCUT2D eigenvalue weighted by atomic mass is 10.0. The minimum atomic E-state index is -0.768. The number of aliphatic hydroxyl groups excluding tert-OH is 1. The molecule has 0 aliphatic carbocycles. The number of carbonyl (C=O) groups excluding carboxylic acids is 3. The summed E-state index contributed by atoms with van der Waals surface area (Å²) < 4.78 is 16.1. The number of hydrogen-bond donors (Lipinski definition) is 4. The predicted octanol–water partition coefficient (Wildman–Crippen LogP) is 1.22. The fourth-order valence-corrected chi connectivity index (χ4v) is 2.81. The van der Waals surface area contributed by atoms with Gasteiger partial charge >= 0.3 is 0 Å². The van der Waals surface area contributed by atoms with Crippen molar-refractivity contribution in [1.82, 2.24) is 10.6 Å². The van der Waals surface area contributed by atoms with Gasteiger partial charge < -0.3 is 35.3 Å². The SMILES string of the molecule is CCCOCCOCCOCCC(=O)N[C@H](C(=O)NCC(=O)Nc1ccc(CO)cc1)C(C)C. The van der Waals surface area contributed by atoms with E-state index in [1.165, 1.54) is 0 Å². The summed E-state index contributed by atoms with van der Waals surface area (Å²) in [6.07, 6.45) is 1.09. The molecule has 0 unspecified atom stereocenters. The van der Waals surface area contributed by atoms with Crippen molar-refractivity contribution >= 4 is 23.4 Å². The summed E-state index contributed by atoms with van der Waals surface area (Å²) in [4.78, 5) is 36.8. The van der Waals surface area contributed by atoms with Crippen LogP contribution in [-0.4, -0.2) is 75.1 Å². The van der Waals surface area contributed by atoms with Crippen LogP contribution in [0, 0.1) is 5.92 Å². The molecule has 0 fully saturated rings. The fraction of sp³-hybridized carbons (Fsp3) is 0.625. The molecule has 0 saturated carbocycles. The molecule has 1 rings (SSSR count). The second-order valence-electron chi connectivity index (χ2n) is 8.00. The minimum Gasteiger partial charge on any atom is -0.392 e. The largest absolute Gasteiger partial charge is 0.392 e. The summed E-state index contributed by atoms with van der Waals surface area (Å²) in [7, 11) is 0. The van der Waals surface area contributed by atoms with E-state index in [1.54, 1.807) is 24.3 Å². The number of ether oxygens (including phenoxy) is 3. The third-order valence-corrected chi connectivity index (χ3v) is 4.68. The quantitative estimate of drug-likeness (QED) is 0.232. The van der Waals surface area contributed by atoms with Crippen LogP contribution in [-0.2, 0) is 35.2 Å². The average Bonchev–Trinajstić information content (AvgIpc) is 2.82. The van der Waals surface area contributed by atoms with Gasteiger partial charge in [0.05, 0.1) is 46.2 Å². The van der Waals surface area contributed by atoms with E-state index in [9.17, 15) is 14.4 Å². The molecule has 0 radical (unpaired) electrons. The van der Waals surface area contributed by atoms with E-state index < -0.39 is 17.9 Å². The van der Waals surface area contributed by atoms with Crippen LogP contribution in [0.4, 0.5) is 5.69 Å². The number of hydrogen-bond acceptors (Lipinski definition) is 7. The number of anilines is 1. The zero-order valence-corrected chi connectivity index (χ0v) is 20.4. The van der Waals surface area contributed by atoms with Gasteiger partial charge in [0.15, 0.2) is 0 Å². The van der Waals surface area contributed by atoms with Gasteiger partial charge in [-0.2, -0.15) is 0 Å². The number of nitrogens with one attached hydrogen (secondary N) is 3. The van der Waals surface area contributed by atoms with Crippen LogP contribution < -0.4 is 16.0 Å². The summed E-state index contributed by atoms with van der Waals surface area (Å²) >= 11 is 0. The highest BCUT2D eigenvalue weighted by atomic mass is 16.5. The number of carbonyl (C=O) groups is 3. The monoisotopic (exact) mass is 481 g/mol. The van der Waals surface area contributed by atoms with Crippen LogP contribution in [0.25, 0.3) is 0 Å². The van der Waals surface area contributed by atoms with Gasteiger partial charge in [-0.15, -0.1) is 0 Å². The lowest BCUT2D eigenvalue weighted by Crippen LogP contribution is -2.51. The van der Waals surface area contributed by atoms with Crippen molar-refractivity contribution in [3.63, 3.8) is 0 Å². The number of benzene rings is 1. The number of rotatable bonds is 18. The Morgan fingerprint density at radius 3 is 2.03 bits per heavy atom. The van der Waals surface area contributed by atoms with Crippen molar-refractivity contribution in [2.24, 2.45) is 5.92 Å². The summed E-state index contributed by atoms with van der Waals surface area (Å²) in [6.45, 7) is 8.13. The Morgan fingerprint density at radius 1 is 0.882 bits per heavy atom. The van der Waals surface area contributed by atoms with Gasteiger partial charge in [-0.1, -0.05) is 32.9 Å². The molecule has 0 aliphatic rings. The van der Waals surface area contributed by atoms with Crippen LogP contribution in [0.15, 0.2) is 24.3 Å². The van der Waals surface area contributed by atoms with E-state index in [4.69, 9.17) is 19.3 Å². The number of amides is 3. The highest BCUT2D eigenvalue weighted by molar-refractivity contribution is 5.96. The van der Waals surface area contributed by atoms with Gasteiger partial charge in [0.25, 0.3) is 0 Å². The van der Waals surface area contributed by atoms with Crippen molar-refractivity contribution in [2.45, 2.75) is 46.3 Å². The molecule has 10 nitrogen and oxygen atoms in total. The van der Waals surface area contributed by atoms with E-state index >= 15 is 0 Å². The van der Waals surface area contributed by atoms with E-state index in [2.05, 4.69) is 16.0 Å². The standard InChI is InChI=1S/C24H39N3O7/c1-4-10-32-12-14-34-15-13-33-11-9-21(29)27-23(18(2)3)24(31)25-16-22(30)26-20-7-5-19(17-28)6-8-20/h5-8,18,23,28H,4,9-17H2,1-3H3,(H,25,31)(H,26,30)(H,27,29)/t23-/m0/s1. The molecule has 1 atom stereocenters. The molecule has 1 aromatic rings. The molecular formula is C24H39N3O7. The third-order valence-electron chi connectivity index (χ3n) is 4.68. The lowest BCUT2D eigenvalue weighted by molar-refractivity contribution is -0.131. The summed E-state index contributed by atoms with van der Waals surface area (Å²) in [6, 6.07) is 5.95. The predicted molar refractivity (Wildman–Crippen MR) is 128 cm³/mol. The lowest BCUT2D eigenvalue weighted by Gasteiger charge is -2.21. The Morgan fingerprint density at radius 2 is 1.47 bits per heavy atom. The van der Waals surface area contributed by atoms with E-state index in [0.29, 0.717) is 32.1 Å². The van der Waals surface area contributed by atoms with Crippen LogP contribution in [0.1, 0.15) is 39.2 Å². The summed E-state index contributed by atoms with van der Waals surface area (Å²) in [5.41, 5.74) is 1.29. The first-order valence-corrected chi connectivity index (χ1v) is 11.7. The van der Waals surface area contributed by atoms with Crippen LogP contribution in [0.5, 0.6) is 0 Å². The zero-order chi connectivity index (χ0) is 25.2. The maximum atomic E-state index is 12.5. The van der Waals surface area contributed by atoms with Crippen LogP contribution in [0.2, 0.25) is 0 Å². The molecule has 0 bridgehead atoms. The Bertz CT molecular complexity index is 726. The second kappa shape index (κ2) is 17.9. The van der Waals surface area contributed by atoms with Crippen molar-refractivity contribution < 1.29 is 33.7 Å². The van der Waals surface area contributed by atoms with E-state index in [0.717, 1.165) is 18.6 Å². The van der Waals surface area contributed by atoms with Gasteiger partial charge in [-0.25, -0.2) is 0 Å². The molecule has 192 valence electrons. The van der Waals surface area contributed by atoms with Gasteiger partial charge in [0.2, 0.25) is 17.7 Å². The molecular weight excluding hydrogens is 442 g/mol. The van der Waals surface area contributed by atoms with Crippen molar-refractivity contribution in [3.8, 4) is 0 Å². The minimum absolute atomic E-state index is 0.0812. The zero-order valence-electron chi connectivity index (χ0n) is 20.4. The van der Waals surface area contributed by atoms with Gasteiger partial charge in [0.1, 0.15) is 6.04 Å². The van der Waals surface area contributed by atoms with Crippen molar-refractivity contribution in [1.29, 1.82) is 0 Å². The maximum Gasteiger partial charge on any atom is 0.243 e. The first-order valence-electron chi connectivity index (χ1n) is 11.7. The molecule has 34 heavy (non-hydrogen) atoms. The first-order chi connectivity index (χ1) is 16.4. The maximum absolute atomic E-state index is 12.5. The third kappa shape index (κ3) is 13.2. The van der Waals surface area contributed by atoms with Crippen molar-refractivity contribution in [2.75, 3.05) is 51.5 Å². The number of aliphatic hydroxyl groups is 1. The fourth-order valence-electron chi connectivity index (χ4n) is 2.81. The summed E-state index contributed by atoms with van der Waals surface area (Å²) in [5, 5.41) is 17.0. The Labute approximate surface area is 201 Å². The van der Waals surface area contributed by atoms with Gasteiger partial charge in [-0.05, 0) is 30.0 Å². The Hall–Kier alpha value is -2.53. The van der Waals surface area contributed by atoms with Gasteiger partial charge in [-0.3, -0.25) is 14.4 Å². The topological polar surface area (TPSA) is 135 Å². The van der Waals surface area contributed by atoms with Crippen LogP contribution in [0.3, 0.4) is 0 Å². The molecule has 4 N–H and O–H groups in total. The molecule has 3 amide bonds. The molecule has 0 heterocycles. The molecule has 0 saturated heterocycles. The normalized spacial score (nSPS) is 11.8. The van der Waals surface area contributed by atoms with E-state index in [-0.39, 0.29) is 38.0 Å². The second-order valence-corrected chi connectivity index (χ2v) is 8.00. The molecule has 0 spiro atoms. The van der Waals surface area contributed by atoms with Gasteiger partial charge in [0, 0.05) is 18.7 Å². The molecule has 0 aromatic heterocycles. The summed E-state index contributed by atoms with van der Waals surface area (Å²) in [5.74, 6) is -1.31. The molecule has 10 heteroatoms. The average molecular weight is 482 g/mol. The van der Waals surface area contributed by atoms with Crippen LogP contribution >= 0.6 is 0 Å². The van der Waals surface area contributed by atoms with Crippen molar-refractivity contribution in [3.05, 3.63) is 29.8 Å². The highest BCUT2D eigenvalue weighted by Crippen LogP contribution is 2.09. The van der Waals surface area contributed by atoms with E-state index in [1.807, 2.05) is 20.8 Å².